The van der Waals surface area contributed by atoms with Crippen LogP contribution in [0.1, 0.15) is 32.4 Å². The first kappa shape index (κ1) is 11.2. The molecule has 0 saturated carbocycles. The number of rotatable bonds is 3. The minimum atomic E-state index is -0.421. The van der Waals surface area contributed by atoms with E-state index in [0.717, 1.165) is 5.56 Å². The molecule has 2 heteroatoms. The van der Waals surface area contributed by atoms with Crippen molar-refractivity contribution in [3.05, 3.63) is 35.9 Å². The second-order valence-corrected chi connectivity index (χ2v) is 4.56. The summed E-state index contributed by atoms with van der Waals surface area (Å²) in [6.07, 6.45) is -0.421. The summed E-state index contributed by atoms with van der Waals surface area (Å²) in [5, 5.41) is 13.1. The number of hydrogen-bond donors (Lipinski definition) is 2. The lowest BCUT2D eigenvalue weighted by Gasteiger charge is -2.23. The van der Waals surface area contributed by atoms with Gasteiger partial charge in [0.25, 0.3) is 0 Å². The fourth-order valence-electron chi connectivity index (χ4n) is 1.20. The van der Waals surface area contributed by atoms with Crippen molar-refractivity contribution in [3.63, 3.8) is 0 Å². The van der Waals surface area contributed by atoms with Gasteiger partial charge in [0.15, 0.2) is 0 Å². The summed E-state index contributed by atoms with van der Waals surface area (Å²) in [5.41, 5.74) is 1.01. The molecule has 0 amide bonds. The van der Waals surface area contributed by atoms with Gasteiger partial charge in [-0.3, -0.25) is 0 Å². The number of aliphatic hydroxyl groups is 1. The standard InChI is InChI=1S/C12H19NO/c1-12(2,3)13-9-11(14)10-7-5-4-6-8-10/h4-8,11,13-14H,9H2,1-3H3/t11-/m1/s1. The van der Waals surface area contributed by atoms with Crippen LogP contribution in [0.3, 0.4) is 0 Å². The lowest BCUT2D eigenvalue weighted by atomic mass is 10.1. The van der Waals surface area contributed by atoms with E-state index in [0.29, 0.717) is 6.54 Å². The molecule has 2 nitrogen and oxygen atoms in total. The maximum atomic E-state index is 9.82. The Morgan fingerprint density at radius 1 is 1.21 bits per heavy atom. The first-order valence-corrected chi connectivity index (χ1v) is 4.97. The molecule has 1 rings (SSSR count). The Morgan fingerprint density at radius 3 is 2.29 bits per heavy atom. The number of benzene rings is 1. The van der Waals surface area contributed by atoms with Crippen LogP contribution in [-0.2, 0) is 0 Å². The third-order valence-electron chi connectivity index (χ3n) is 2.01. The molecule has 14 heavy (non-hydrogen) atoms. The van der Waals surface area contributed by atoms with Crippen LogP contribution in [-0.4, -0.2) is 17.2 Å². The normalized spacial score (nSPS) is 14.0. The van der Waals surface area contributed by atoms with Gasteiger partial charge in [0.1, 0.15) is 0 Å². The Balaban J connectivity index is 2.48. The second-order valence-electron chi connectivity index (χ2n) is 4.56. The van der Waals surface area contributed by atoms with Gasteiger partial charge in [0, 0.05) is 12.1 Å². The van der Waals surface area contributed by atoms with E-state index in [4.69, 9.17) is 0 Å². The first-order chi connectivity index (χ1) is 6.49. The molecule has 0 aliphatic rings. The molecule has 0 fully saturated rings. The van der Waals surface area contributed by atoms with Crippen molar-refractivity contribution in [1.82, 2.24) is 5.32 Å². The summed E-state index contributed by atoms with van der Waals surface area (Å²) in [5.74, 6) is 0. The molecule has 1 aromatic rings. The molecule has 0 heterocycles. The zero-order valence-electron chi connectivity index (χ0n) is 9.12. The topological polar surface area (TPSA) is 32.3 Å². The van der Waals surface area contributed by atoms with Gasteiger partial charge in [0.05, 0.1) is 6.10 Å². The third kappa shape index (κ3) is 3.90. The molecule has 0 unspecified atom stereocenters. The highest BCUT2D eigenvalue weighted by Crippen LogP contribution is 2.12. The zero-order valence-corrected chi connectivity index (χ0v) is 9.12. The van der Waals surface area contributed by atoms with Crippen LogP contribution < -0.4 is 5.32 Å². The van der Waals surface area contributed by atoms with Crippen LogP contribution in [0, 0.1) is 0 Å². The summed E-state index contributed by atoms with van der Waals surface area (Å²) in [4.78, 5) is 0. The number of aliphatic hydroxyl groups excluding tert-OH is 1. The van der Waals surface area contributed by atoms with Crippen molar-refractivity contribution in [1.29, 1.82) is 0 Å². The van der Waals surface area contributed by atoms with Crippen molar-refractivity contribution in [2.24, 2.45) is 0 Å². The summed E-state index contributed by atoms with van der Waals surface area (Å²) in [6.45, 7) is 6.85. The summed E-state index contributed by atoms with van der Waals surface area (Å²) in [6, 6.07) is 9.71. The van der Waals surface area contributed by atoms with Crippen molar-refractivity contribution in [3.8, 4) is 0 Å². The van der Waals surface area contributed by atoms with Gasteiger partial charge in [-0.15, -0.1) is 0 Å². The smallest absolute Gasteiger partial charge is 0.0914 e. The Hall–Kier alpha value is -0.860. The van der Waals surface area contributed by atoms with Gasteiger partial charge in [-0.1, -0.05) is 30.3 Å². The number of hydrogen-bond acceptors (Lipinski definition) is 2. The number of nitrogens with one attached hydrogen (secondary N) is 1. The van der Waals surface area contributed by atoms with E-state index in [1.807, 2.05) is 30.3 Å². The maximum absolute atomic E-state index is 9.82. The predicted molar refractivity (Wildman–Crippen MR) is 59.2 cm³/mol. The van der Waals surface area contributed by atoms with Crippen LogP contribution in [0.25, 0.3) is 0 Å². The number of β-amino-alcohol motifs (C(OH)–C–C–N with tert-alkyl or cyclic N) is 1. The van der Waals surface area contributed by atoms with Gasteiger partial charge >= 0.3 is 0 Å². The highest BCUT2D eigenvalue weighted by Gasteiger charge is 2.12. The SMILES string of the molecule is CC(C)(C)NC[C@@H](O)c1ccccc1. The minimum Gasteiger partial charge on any atom is -0.387 e. The molecule has 1 aromatic carbocycles. The Labute approximate surface area is 86.0 Å². The highest BCUT2D eigenvalue weighted by molar-refractivity contribution is 5.17. The first-order valence-electron chi connectivity index (χ1n) is 4.97. The Kier molecular flexibility index (Phi) is 3.67. The van der Waals surface area contributed by atoms with Gasteiger partial charge in [-0.25, -0.2) is 0 Å². The Morgan fingerprint density at radius 2 is 1.79 bits per heavy atom. The largest absolute Gasteiger partial charge is 0.387 e. The fraction of sp³-hybridized carbons (Fsp3) is 0.500. The monoisotopic (exact) mass is 193 g/mol. The molecule has 2 N–H and O–H groups in total. The van der Waals surface area contributed by atoms with Gasteiger partial charge in [-0.2, -0.15) is 0 Å². The van der Waals surface area contributed by atoms with E-state index in [1.54, 1.807) is 0 Å². The van der Waals surface area contributed by atoms with Crippen molar-refractivity contribution >= 4 is 0 Å². The minimum absolute atomic E-state index is 0.0513. The van der Waals surface area contributed by atoms with E-state index in [1.165, 1.54) is 0 Å². The highest BCUT2D eigenvalue weighted by atomic mass is 16.3. The molecule has 0 saturated heterocycles. The van der Waals surface area contributed by atoms with Crippen LogP contribution in [0.5, 0.6) is 0 Å². The summed E-state index contributed by atoms with van der Waals surface area (Å²) in [7, 11) is 0. The fourth-order valence-corrected chi connectivity index (χ4v) is 1.20. The van der Waals surface area contributed by atoms with E-state index in [-0.39, 0.29) is 5.54 Å². The molecule has 0 bridgehead atoms. The molecule has 0 spiro atoms. The molecule has 0 aliphatic heterocycles. The average molecular weight is 193 g/mol. The average Bonchev–Trinajstić information content (AvgIpc) is 2.14. The van der Waals surface area contributed by atoms with Crippen LogP contribution in [0.15, 0.2) is 30.3 Å². The van der Waals surface area contributed by atoms with Crippen molar-refractivity contribution in [2.45, 2.75) is 32.4 Å². The van der Waals surface area contributed by atoms with E-state index < -0.39 is 6.10 Å². The molecule has 0 radical (unpaired) electrons. The van der Waals surface area contributed by atoms with Gasteiger partial charge in [0.2, 0.25) is 0 Å². The Bertz CT molecular complexity index is 263. The lowest BCUT2D eigenvalue weighted by Crippen LogP contribution is -2.38. The van der Waals surface area contributed by atoms with E-state index in [9.17, 15) is 5.11 Å². The second kappa shape index (κ2) is 4.58. The van der Waals surface area contributed by atoms with E-state index in [2.05, 4.69) is 26.1 Å². The van der Waals surface area contributed by atoms with Crippen LogP contribution in [0.2, 0.25) is 0 Å². The molecule has 0 aliphatic carbocycles. The van der Waals surface area contributed by atoms with Crippen LogP contribution >= 0.6 is 0 Å². The summed E-state index contributed by atoms with van der Waals surface area (Å²) >= 11 is 0. The summed E-state index contributed by atoms with van der Waals surface area (Å²) < 4.78 is 0. The molecule has 1 atom stereocenters. The third-order valence-corrected chi connectivity index (χ3v) is 2.01. The molecule has 0 aromatic heterocycles. The van der Waals surface area contributed by atoms with Crippen molar-refractivity contribution < 1.29 is 5.11 Å². The van der Waals surface area contributed by atoms with Gasteiger partial charge in [-0.05, 0) is 26.3 Å². The maximum Gasteiger partial charge on any atom is 0.0914 e. The molecule has 78 valence electrons. The van der Waals surface area contributed by atoms with Gasteiger partial charge < -0.3 is 10.4 Å². The van der Waals surface area contributed by atoms with Crippen molar-refractivity contribution in [2.75, 3.05) is 6.54 Å². The van der Waals surface area contributed by atoms with E-state index >= 15 is 0 Å². The van der Waals surface area contributed by atoms with Crippen LogP contribution in [0.4, 0.5) is 0 Å². The zero-order chi connectivity index (χ0) is 10.6. The quantitative estimate of drug-likeness (QED) is 0.770. The predicted octanol–water partition coefficient (Wildman–Crippen LogP) is 2.11. The lowest BCUT2D eigenvalue weighted by molar-refractivity contribution is 0.163. The molecular weight excluding hydrogens is 174 g/mol. The molecular formula is C12H19NO.